The van der Waals surface area contributed by atoms with Crippen LogP contribution in [0.4, 0.5) is 22.0 Å². The fourth-order valence-electron chi connectivity index (χ4n) is 1.11. The molecule has 0 fully saturated rings. The SMILES string of the molecule is O=C(O)c1c(OC(F)(F)F)cnc(Cl)c1C(F)F. The molecule has 0 atom stereocenters. The number of hydrogen-bond acceptors (Lipinski definition) is 3. The molecule has 1 aromatic rings. The molecule has 1 rings (SSSR count). The normalized spacial score (nSPS) is 11.7. The largest absolute Gasteiger partial charge is 0.573 e. The maximum atomic E-state index is 12.5. The average Bonchev–Trinajstić information content (AvgIpc) is 2.17. The first kappa shape index (κ1) is 14.4. The van der Waals surface area contributed by atoms with Crippen molar-refractivity contribution in [3.05, 3.63) is 22.5 Å². The molecule has 0 spiro atoms. The lowest BCUT2D eigenvalue weighted by atomic mass is 10.1. The van der Waals surface area contributed by atoms with E-state index in [4.69, 9.17) is 16.7 Å². The number of aromatic nitrogens is 1. The summed E-state index contributed by atoms with van der Waals surface area (Å²) in [6, 6.07) is 0. The van der Waals surface area contributed by atoms with Crippen LogP contribution in [0.25, 0.3) is 0 Å². The van der Waals surface area contributed by atoms with Crippen molar-refractivity contribution in [1.82, 2.24) is 4.98 Å². The molecular weight excluding hydrogens is 289 g/mol. The Labute approximate surface area is 101 Å². The summed E-state index contributed by atoms with van der Waals surface area (Å²) < 4.78 is 64.2. The molecule has 1 aromatic heterocycles. The molecule has 0 saturated carbocycles. The van der Waals surface area contributed by atoms with Gasteiger partial charge in [0.1, 0.15) is 10.7 Å². The maximum absolute atomic E-state index is 12.5. The maximum Gasteiger partial charge on any atom is 0.573 e. The summed E-state index contributed by atoms with van der Waals surface area (Å²) in [7, 11) is 0. The van der Waals surface area contributed by atoms with Crippen LogP contribution in [0, 0.1) is 0 Å². The van der Waals surface area contributed by atoms with Gasteiger partial charge in [0.2, 0.25) is 0 Å². The van der Waals surface area contributed by atoms with Crippen LogP contribution in [0.15, 0.2) is 6.20 Å². The van der Waals surface area contributed by atoms with Crippen molar-refractivity contribution in [2.24, 2.45) is 0 Å². The molecule has 10 heteroatoms. The van der Waals surface area contributed by atoms with Crippen LogP contribution >= 0.6 is 11.6 Å². The second-order valence-corrected chi connectivity index (χ2v) is 3.21. The number of carboxylic acids is 1. The number of carbonyl (C=O) groups is 1. The highest BCUT2D eigenvalue weighted by molar-refractivity contribution is 6.30. The zero-order chi connectivity index (χ0) is 14.1. The number of rotatable bonds is 3. The summed E-state index contributed by atoms with van der Waals surface area (Å²) in [6.07, 6.45) is -8.34. The molecule has 1 heterocycles. The standard InChI is InChI=1S/C8H3ClF5NO3/c9-5-4(6(10)11)3(7(16)17)2(1-15-5)18-8(12,13)14/h1,6H,(H,16,17). The smallest absolute Gasteiger partial charge is 0.478 e. The van der Waals surface area contributed by atoms with E-state index in [2.05, 4.69) is 9.72 Å². The van der Waals surface area contributed by atoms with Crippen molar-refractivity contribution in [1.29, 1.82) is 0 Å². The molecule has 1 N–H and O–H groups in total. The Morgan fingerprint density at radius 2 is 2.00 bits per heavy atom. The predicted molar refractivity (Wildman–Crippen MR) is 47.8 cm³/mol. The van der Waals surface area contributed by atoms with Crippen LogP contribution in [-0.4, -0.2) is 22.4 Å². The molecule has 100 valence electrons. The minimum Gasteiger partial charge on any atom is -0.478 e. The molecule has 4 nitrogen and oxygen atoms in total. The van der Waals surface area contributed by atoms with Crippen LogP contribution in [0.3, 0.4) is 0 Å². The first-order valence-electron chi connectivity index (χ1n) is 4.09. The fraction of sp³-hybridized carbons (Fsp3) is 0.250. The molecule has 0 aliphatic carbocycles. The molecule has 0 saturated heterocycles. The van der Waals surface area contributed by atoms with Gasteiger partial charge in [-0.15, -0.1) is 13.2 Å². The zero-order valence-corrected chi connectivity index (χ0v) is 8.89. The zero-order valence-electron chi connectivity index (χ0n) is 8.13. The van der Waals surface area contributed by atoms with Crippen LogP contribution in [-0.2, 0) is 0 Å². The van der Waals surface area contributed by atoms with E-state index in [0.717, 1.165) is 0 Å². The van der Waals surface area contributed by atoms with Gasteiger partial charge < -0.3 is 9.84 Å². The highest BCUT2D eigenvalue weighted by Gasteiger charge is 2.36. The molecule has 0 bridgehead atoms. The number of aromatic carboxylic acids is 1. The van der Waals surface area contributed by atoms with Gasteiger partial charge in [0.05, 0.1) is 11.8 Å². The second-order valence-electron chi connectivity index (χ2n) is 2.86. The third kappa shape index (κ3) is 3.19. The van der Waals surface area contributed by atoms with Gasteiger partial charge in [-0.25, -0.2) is 18.6 Å². The molecule has 0 radical (unpaired) electrons. The van der Waals surface area contributed by atoms with Crippen LogP contribution in [0.5, 0.6) is 5.75 Å². The molecule has 0 aromatic carbocycles. The van der Waals surface area contributed by atoms with Crippen LogP contribution in [0.1, 0.15) is 22.3 Å². The minimum absolute atomic E-state index is 0.311. The molecule has 0 aliphatic rings. The summed E-state index contributed by atoms with van der Waals surface area (Å²) >= 11 is 5.22. The van der Waals surface area contributed by atoms with E-state index in [-0.39, 0.29) is 0 Å². The minimum atomic E-state index is -5.24. The summed E-state index contributed by atoms with van der Waals surface area (Å²) in [5, 5.41) is 7.74. The van der Waals surface area contributed by atoms with Gasteiger partial charge in [0.15, 0.2) is 5.75 Å². The molecular formula is C8H3ClF5NO3. The summed E-state index contributed by atoms with van der Waals surface area (Å²) in [4.78, 5) is 13.7. The number of carboxylic acid groups (broad SMARTS) is 1. The first-order valence-corrected chi connectivity index (χ1v) is 4.47. The van der Waals surface area contributed by atoms with Crippen molar-refractivity contribution in [2.45, 2.75) is 12.8 Å². The number of halogens is 6. The van der Waals surface area contributed by atoms with Gasteiger partial charge >= 0.3 is 12.3 Å². The van der Waals surface area contributed by atoms with E-state index < -0.39 is 40.8 Å². The van der Waals surface area contributed by atoms with E-state index >= 15 is 0 Å². The van der Waals surface area contributed by atoms with Crippen molar-refractivity contribution >= 4 is 17.6 Å². The highest BCUT2D eigenvalue weighted by Crippen LogP contribution is 2.36. The lowest BCUT2D eigenvalue weighted by Gasteiger charge is -2.14. The Bertz CT molecular complexity index is 477. The van der Waals surface area contributed by atoms with Gasteiger partial charge in [0.25, 0.3) is 6.43 Å². The third-order valence-corrected chi connectivity index (χ3v) is 1.99. The number of ether oxygens (including phenoxy) is 1. The fourth-order valence-corrected chi connectivity index (χ4v) is 1.33. The molecule has 0 aliphatic heterocycles. The van der Waals surface area contributed by atoms with Gasteiger partial charge in [-0.3, -0.25) is 0 Å². The van der Waals surface area contributed by atoms with Gasteiger partial charge in [-0.2, -0.15) is 0 Å². The van der Waals surface area contributed by atoms with Crippen molar-refractivity contribution in [2.75, 3.05) is 0 Å². The average molecular weight is 292 g/mol. The third-order valence-electron chi connectivity index (χ3n) is 1.69. The number of alkyl halides is 5. The lowest BCUT2D eigenvalue weighted by molar-refractivity contribution is -0.274. The Morgan fingerprint density at radius 1 is 1.44 bits per heavy atom. The lowest BCUT2D eigenvalue weighted by Crippen LogP contribution is -2.20. The van der Waals surface area contributed by atoms with E-state index in [1.807, 2.05) is 0 Å². The number of hydrogen-bond donors (Lipinski definition) is 1. The topological polar surface area (TPSA) is 59.4 Å². The quantitative estimate of drug-likeness (QED) is 0.686. The van der Waals surface area contributed by atoms with Crippen molar-refractivity contribution < 1.29 is 36.6 Å². The molecule has 0 unspecified atom stereocenters. The van der Waals surface area contributed by atoms with E-state index in [1.165, 1.54) is 0 Å². The first-order chi connectivity index (χ1) is 8.13. The van der Waals surface area contributed by atoms with E-state index in [1.54, 1.807) is 0 Å². The van der Waals surface area contributed by atoms with E-state index in [0.29, 0.717) is 6.20 Å². The number of pyridine rings is 1. The summed E-state index contributed by atoms with van der Waals surface area (Å²) in [6.45, 7) is 0. The monoisotopic (exact) mass is 291 g/mol. The van der Waals surface area contributed by atoms with Crippen LogP contribution < -0.4 is 4.74 Å². The highest BCUT2D eigenvalue weighted by atomic mass is 35.5. The summed E-state index contributed by atoms with van der Waals surface area (Å²) in [5.74, 6) is -3.39. The van der Waals surface area contributed by atoms with Crippen molar-refractivity contribution in [3.63, 3.8) is 0 Å². The Kier molecular flexibility index (Phi) is 3.95. The van der Waals surface area contributed by atoms with Gasteiger partial charge in [0, 0.05) is 0 Å². The van der Waals surface area contributed by atoms with Crippen molar-refractivity contribution in [3.8, 4) is 5.75 Å². The molecule has 0 amide bonds. The molecule has 18 heavy (non-hydrogen) atoms. The Hall–Kier alpha value is -1.64. The second kappa shape index (κ2) is 4.92. The van der Waals surface area contributed by atoms with Gasteiger partial charge in [-0.05, 0) is 0 Å². The predicted octanol–water partition coefficient (Wildman–Crippen LogP) is 3.27. The summed E-state index contributed by atoms with van der Waals surface area (Å²) in [5.41, 5.74) is -2.70. The van der Waals surface area contributed by atoms with Gasteiger partial charge in [-0.1, -0.05) is 11.6 Å². The van der Waals surface area contributed by atoms with Crippen LogP contribution in [0.2, 0.25) is 5.15 Å². The Balaban J connectivity index is 3.44. The van der Waals surface area contributed by atoms with E-state index in [9.17, 15) is 26.7 Å². The Morgan fingerprint density at radius 3 is 2.39 bits per heavy atom. The number of nitrogens with zero attached hydrogens (tertiary/aromatic N) is 1.